The third-order valence-electron chi connectivity index (χ3n) is 1.23. The van der Waals surface area contributed by atoms with E-state index >= 15 is 0 Å². The van der Waals surface area contributed by atoms with Crippen molar-refractivity contribution in [2.45, 2.75) is 13.0 Å². The summed E-state index contributed by atoms with van der Waals surface area (Å²) in [6, 6.07) is 3.60. The minimum absolute atomic E-state index is 0.113. The fraction of sp³-hybridized carbons (Fsp3) is 0.286. The molecule has 0 fully saturated rings. The summed E-state index contributed by atoms with van der Waals surface area (Å²) in [5, 5.41) is 12.2. The molecule has 58 valence electrons. The Kier molecular flexibility index (Phi) is 2.54. The first-order valence-corrected chi connectivity index (χ1v) is 3.31. The first-order chi connectivity index (χ1) is 5.29. The molecule has 1 N–H and O–H groups in total. The molecule has 0 atom stereocenters. The molecule has 4 heteroatoms. The van der Waals surface area contributed by atoms with Crippen molar-refractivity contribution < 1.29 is 14.6 Å². The maximum atomic E-state index is 10.1. The number of rotatable bonds is 3. The van der Waals surface area contributed by atoms with Crippen molar-refractivity contribution in [3.63, 3.8) is 0 Å². The van der Waals surface area contributed by atoms with Gasteiger partial charge in [-0.3, -0.25) is 4.79 Å². The van der Waals surface area contributed by atoms with Crippen LogP contribution in [0.2, 0.25) is 0 Å². The van der Waals surface area contributed by atoms with E-state index in [1.165, 1.54) is 0 Å². The number of hydrogen-bond acceptors (Lipinski definition) is 2. The number of aryl methyl sites for hydroxylation is 1. The lowest BCUT2D eigenvalue weighted by Gasteiger charge is -1.88. The number of nitrogens with zero attached hydrogens (tertiary/aromatic N) is 2. The van der Waals surface area contributed by atoms with Crippen LogP contribution in [-0.2, 0) is 11.3 Å². The third-order valence-corrected chi connectivity index (χ3v) is 1.23. The van der Waals surface area contributed by atoms with E-state index < -0.39 is 5.97 Å². The molecule has 0 bridgehead atoms. The Labute approximate surface area is 64.1 Å². The Bertz CT molecular complexity index is 235. The fourth-order valence-corrected chi connectivity index (χ4v) is 0.704. The van der Waals surface area contributed by atoms with E-state index in [2.05, 4.69) is 5.10 Å². The number of aromatic nitrogens is 2. The van der Waals surface area contributed by atoms with E-state index in [4.69, 9.17) is 5.11 Å². The minimum atomic E-state index is -0.803. The Balaban J connectivity index is 2.45. The van der Waals surface area contributed by atoms with Crippen molar-refractivity contribution in [2.24, 2.45) is 0 Å². The van der Waals surface area contributed by atoms with Crippen LogP contribution in [0.15, 0.2) is 24.5 Å². The molecule has 0 aliphatic heterocycles. The zero-order chi connectivity index (χ0) is 8.10. The molecule has 11 heavy (non-hydrogen) atoms. The van der Waals surface area contributed by atoms with Gasteiger partial charge in [0.1, 0.15) is 6.42 Å². The first kappa shape index (κ1) is 7.65. The molecular weight excluding hydrogens is 144 g/mol. The van der Waals surface area contributed by atoms with E-state index in [-0.39, 0.29) is 6.42 Å². The highest BCUT2D eigenvalue weighted by molar-refractivity contribution is 5.66. The molecule has 0 amide bonds. The second kappa shape index (κ2) is 3.65. The maximum Gasteiger partial charge on any atom is 0.309 e. The van der Waals surface area contributed by atoms with E-state index in [0.717, 1.165) is 0 Å². The molecule has 0 saturated carbocycles. The van der Waals surface area contributed by atoms with Gasteiger partial charge in [0, 0.05) is 6.07 Å². The van der Waals surface area contributed by atoms with E-state index in [1.807, 2.05) is 6.07 Å². The monoisotopic (exact) mass is 153 g/mol. The molecule has 0 saturated heterocycles. The second-order valence-corrected chi connectivity index (χ2v) is 2.11. The Morgan fingerprint density at radius 3 is 2.91 bits per heavy atom. The smallest absolute Gasteiger partial charge is 0.309 e. The number of aliphatic carboxylic acids is 1. The van der Waals surface area contributed by atoms with Gasteiger partial charge < -0.3 is 5.11 Å². The fourth-order valence-electron chi connectivity index (χ4n) is 0.704. The molecule has 0 radical (unpaired) electrons. The largest absolute Gasteiger partial charge is 0.481 e. The van der Waals surface area contributed by atoms with Crippen LogP contribution in [0.3, 0.4) is 0 Å². The average Bonchev–Trinajstić information content (AvgIpc) is 2.03. The summed E-state index contributed by atoms with van der Waals surface area (Å²) < 4.78 is 1.59. The normalized spacial score (nSPS) is 9.45. The number of hydrogen-bond donors (Lipinski definition) is 1. The molecule has 1 heterocycles. The SMILES string of the molecule is O=C(O)CC[n+]1ccccn1. The minimum Gasteiger partial charge on any atom is -0.481 e. The van der Waals surface area contributed by atoms with Crippen molar-refractivity contribution in [1.29, 1.82) is 0 Å². The molecule has 0 unspecified atom stereocenters. The van der Waals surface area contributed by atoms with Gasteiger partial charge in [-0.2, -0.15) is 0 Å². The summed E-state index contributed by atoms with van der Waals surface area (Å²) in [5.41, 5.74) is 0. The zero-order valence-corrected chi connectivity index (χ0v) is 5.97. The summed E-state index contributed by atoms with van der Waals surface area (Å²) >= 11 is 0. The Morgan fingerprint density at radius 1 is 1.55 bits per heavy atom. The average molecular weight is 153 g/mol. The van der Waals surface area contributed by atoms with Crippen LogP contribution in [0.4, 0.5) is 0 Å². The molecule has 0 aliphatic carbocycles. The number of carboxylic acid groups (broad SMARTS) is 1. The molecular formula is C7H9N2O2+. The van der Waals surface area contributed by atoms with Crippen LogP contribution in [0.5, 0.6) is 0 Å². The highest BCUT2D eigenvalue weighted by Crippen LogP contribution is 1.78. The van der Waals surface area contributed by atoms with Crippen molar-refractivity contribution in [3.8, 4) is 0 Å². The summed E-state index contributed by atoms with van der Waals surface area (Å²) in [6.45, 7) is 0.427. The third kappa shape index (κ3) is 2.75. The quantitative estimate of drug-likeness (QED) is 0.614. The lowest BCUT2D eigenvalue weighted by Crippen LogP contribution is -2.37. The molecule has 4 nitrogen and oxygen atoms in total. The van der Waals surface area contributed by atoms with Gasteiger partial charge in [-0.15, -0.1) is 0 Å². The highest BCUT2D eigenvalue weighted by Gasteiger charge is 2.03. The van der Waals surface area contributed by atoms with Crippen LogP contribution >= 0.6 is 0 Å². The van der Waals surface area contributed by atoms with Crippen LogP contribution in [0.1, 0.15) is 6.42 Å². The van der Waals surface area contributed by atoms with Gasteiger partial charge in [0.2, 0.25) is 0 Å². The summed E-state index contributed by atoms with van der Waals surface area (Å²) in [5.74, 6) is -0.803. The summed E-state index contributed by atoms with van der Waals surface area (Å²) in [6.07, 6.45) is 3.48. The van der Waals surface area contributed by atoms with Gasteiger partial charge in [-0.25, -0.2) is 0 Å². The van der Waals surface area contributed by atoms with E-state index in [0.29, 0.717) is 6.54 Å². The van der Waals surface area contributed by atoms with E-state index in [9.17, 15) is 4.79 Å². The van der Waals surface area contributed by atoms with Crippen LogP contribution < -0.4 is 4.68 Å². The molecule has 0 spiro atoms. The number of carbonyl (C=O) groups is 1. The topological polar surface area (TPSA) is 54.1 Å². The molecule has 1 rings (SSSR count). The maximum absolute atomic E-state index is 10.1. The van der Waals surface area contributed by atoms with Crippen molar-refractivity contribution >= 4 is 5.97 Å². The highest BCUT2D eigenvalue weighted by atomic mass is 16.4. The van der Waals surface area contributed by atoms with Gasteiger partial charge in [0.05, 0.1) is 6.20 Å². The van der Waals surface area contributed by atoms with Crippen LogP contribution in [0.25, 0.3) is 0 Å². The molecule has 0 aromatic carbocycles. The van der Waals surface area contributed by atoms with Gasteiger partial charge in [-0.1, -0.05) is 4.68 Å². The Morgan fingerprint density at radius 2 is 2.36 bits per heavy atom. The van der Waals surface area contributed by atoms with Gasteiger partial charge >= 0.3 is 5.97 Å². The van der Waals surface area contributed by atoms with E-state index in [1.54, 1.807) is 23.1 Å². The lowest BCUT2D eigenvalue weighted by atomic mass is 10.4. The van der Waals surface area contributed by atoms with Crippen molar-refractivity contribution in [3.05, 3.63) is 24.5 Å². The van der Waals surface area contributed by atoms with Crippen LogP contribution in [-0.4, -0.2) is 16.2 Å². The van der Waals surface area contributed by atoms with Gasteiger partial charge in [0.15, 0.2) is 12.7 Å². The predicted octanol–water partition coefficient (Wildman–Crippen LogP) is -0.156. The number of carboxylic acids is 1. The van der Waals surface area contributed by atoms with Crippen molar-refractivity contribution in [1.82, 2.24) is 5.10 Å². The standard InChI is InChI=1S/C7H8N2O2/c10-7(11)3-6-9-5-2-1-4-8-9/h1-2,4-5H,3,6H2/p+1. The van der Waals surface area contributed by atoms with Gasteiger partial charge in [0.25, 0.3) is 0 Å². The lowest BCUT2D eigenvalue weighted by molar-refractivity contribution is -0.753. The van der Waals surface area contributed by atoms with Crippen LogP contribution in [0, 0.1) is 0 Å². The molecule has 1 aromatic heterocycles. The summed E-state index contributed by atoms with van der Waals surface area (Å²) in [7, 11) is 0. The first-order valence-electron chi connectivity index (χ1n) is 3.31. The zero-order valence-electron chi connectivity index (χ0n) is 5.97. The second-order valence-electron chi connectivity index (χ2n) is 2.11. The molecule has 0 aliphatic rings. The predicted molar refractivity (Wildman–Crippen MR) is 36.7 cm³/mol. The Hall–Kier alpha value is -1.45. The van der Waals surface area contributed by atoms with Crippen molar-refractivity contribution in [2.75, 3.05) is 0 Å². The van der Waals surface area contributed by atoms with Gasteiger partial charge in [-0.05, 0) is 11.2 Å². The molecule has 1 aromatic rings. The summed E-state index contributed by atoms with van der Waals surface area (Å²) in [4.78, 5) is 10.1.